The van der Waals surface area contributed by atoms with E-state index in [0.717, 1.165) is 4.90 Å². The average Bonchev–Trinajstić information content (AvgIpc) is 3.42. The van der Waals surface area contributed by atoms with Gasteiger partial charge in [-0.3, -0.25) is 0 Å². The molecule has 14 heteroatoms. The summed E-state index contributed by atoms with van der Waals surface area (Å²) in [5.41, 5.74) is 0.157. The van der Waals surface area contributed by atoms with Crippen molar-refractivity contribution in [3.05, 3.63) is 29.7 Å². The van der Waals surface area contributed by atoms with Crippen LogP contribution in [0.15, 0.2) is 22.6 Å². The van der Waals surface area contributed by atoms with E-state index in [1.54, 1.807) is 32.9 Å². The van der Waals surface area contributed by atoms with Crippen LogP contribution < -0.4 is 10.6 Å². The van der Waals surface area contributed by atoms with E-state index >= 15 is 0 Å². The summed E-state index contributed by atoms with van der Waals surface area (Å²) in [5.74, 6) is -3.59. The van der Waals surface area contributed by atoms with Crippen molar-refractivity contribution in [2.24, 2.45) is 5.92 Å². The third kappa shape index (κ3) is 6.94. The van der Waals surface area contributed by atoms with Crippen LogP contribution in [0.5, 0.6) is 0 Å². The summed E-state index contributed by atoms with van der Waals surface area (Å²) >= 11 is 0. The number of hydrogen-bond acceptors (Lipinski definition) is 6. The quantitative estimate of drug-likeness (QED) is 0.400. The van der Waals surface area contributed by atoms with Gasteiger partial charge in [-0.05, 0) is 57.2 Å². The predicted octanol–water partition coefficient (Wildman–Crippen LogP) is 5.86. The van der Waals surface area contributed by atoms with Crippen LogP contribution in [0.25, 0.3) is 11.1 Å². The molecule has 2 heterocycles. The number of urea groups is 1. The number of hydrogen-bond donors (Lipinski definition) is 2. The lowest BCUT2D eigenvalue weighted by Crippen LogP contribution is -2.40. The number of benzene rings is 1. The Morgan fingerprint density at radius 2 is 2.02 bits per heavy atom. The summed E-state index contributed by atoms with van der Waals surface area (Å²) < 4.78 is 84.8. The molecule has 2 fully saturated rings. The van der Waals surface area contributed by atoms with Gasteiger partial charge in [0, 0.05) is 20.0 Å². The van der Waals surface area contributed by atoms with Gasteiger partial charge in [0.1, 0.15) is 23.2 Å². The minimum atomic E-state index is -4.61. The minimum Gasteiger partial charge on any atom is -0.444 e. The Morgan fingerprint density at radius 1 is 1.30 bits per heavy atom. The predicted molar refractivity (Wildman–Crippen MR) is 133 cm³/mol. The fourth-order valence-electron chi connectivity index (χ4n) is 5.15. The number of rotatable bonds is 7. The fraction of sp³-hybridized carbons (Fsp3) is 0.654. The second-order valence-electron chi connectivity index (χ2n) is 11.3. The molecule has 1 aromatic heterocycles. The highest BCUT2D eigenvalue weighted by Crippen LogP contribution is 2.43. The largest absolute Gasteiger partial charge is 0.444 e. The van der Waals surface area contributed by atoms with Crippen LogP contribution in [0.2, 0.25) is 0 Å². The number of halogens is 5. The van der Waals surface area contributed by atoms with Crippen molar-refractivity contribution < 1.29 is 45.4 Å². The Kier molecular flexibility index (Phi) is 8.21. The molecule has 1 saturated heterocycles. The molecule has 4 atom stereocenters. The second-order valence-corrected chi connectivity index (χ2v) is 11.3. The van der Waals surface area contributed by atoms with Gasteiger partial charge in [-0.15, -0.1) is 0 Å². The Morgan fingerprint density at radius 3 is 2.62 bits per heavy atom. The number of nitrogens with one attached hydrogen (secondary N) is 2. The Labute approximate surface area is 227 Å². The summed E-state index contributed by atoms with van der Waals surface area (Å²) in [4.78, 5) is 30.6. The van der Waals surface area contributed by atoms with Crippen LogP contribution in [0.1, 0.15) is 70.0 Å². The van der Waals surface area contributed by atoms with Gasteiger partial charge >= 0.3 is 18.3 Å². The van der Waals surface area contributed by atoms with Crippen LogP contribution in [0.3, 0.4) is 0 Å². The lowest BCUT2D eigenvalue weighted by molar-refractivity contribution is -0.150. The van der Waals surface area contributed by atoms with E-state index in [9.17, 15) is 31.5 Å². The van der Waals surface area contributed by atoms with Crippen LogP contribution >= 0.6 is 0 Å². The van der Waals surface area contributed by atoms with Crippen LogP contribution in [0, 0.1) is 5.92 Å². The zero-order valence-corrected chi connectivity index (χ0v) is 22.6. The lowest BCUT2D eigenvalue weighted by Gasteiger charge is -2.33. The van der Waals surface area contributed by atoms with Gasteiger partial charge in [-0.2, -0.15) is 13.2 Å². The first-order valence-electron chi connectivity index (χ1n) is 13.0. The van der Waals surface area contributed by atoms with Gasteiger partial charge in [0.15, 0.2) is 5.58 Å². The number of alkyl carbamates (subject to hydrolysis) is 1. The highest BCUT2D eigenvalue weighted by atomic mass is 19.4. The van der Waals surface area contributed by atoms with Crippen LogP contribution in [-0.2, 0) is 9.47 Å². The SMILES string of the molecule is COC[C@H](c1ccc2oc([C@@H](NC(=O)OC(C)(C)C)[C@H]3CCCC(F)(F)C3)nc2c1)N1C[C@@H](C(F)(F)F)NC1=O. The van der Waals surface area contributed by atoms with E-state index in [1.807, 2.05) is 5.32 Å². The molecule has 2 N–H and O–H groups in total. The number of carbonyl (C=O) groups excluding carboxylic acids is 2. The summed E-state index contributed by atoms with van der Waals surface area (Å²) in [7, 11) is 1.36. The summed E-state index contributed by atoms with van der Waals surface area (Å²) in [6.07, 6.45) is -5.49. The Balaban J connectivity index is 1.65. The number of amides is 3. The zero-order valence-electron chi connectivity index (χ0n) is 22.6. The topological polar surface area (TPSA) is 106 Å². The van der Waals surface area contributed by atoms with E-state index in [-0.39, 0.29) is 36.4 Å². The molecule has 4 rings (SSSR count). The zero-order chi connectivity index (χ0) is 29.5. The number of aromatic nitrogens is 1. The monoisotopic (exact) mass is 576 g/mol. The van der Waals surface area contributed by atoms with Crippen molar-refractivity contribution in [2.75, 3.05) is 20.3 Å². The summed E-state index contributed by atoms with van der Waals surface area (Å²) in [6, 6.07) is -0.141. The number of nitrogens with zero attached hydrogens (tertiary/aromatic N) is 2. The molecular weight excluding hydrogens is 543 g/mol. The summed E-state index contributed by atoms with van der Waals surface area (Å²) in [5, 5.41) is 4.59. The molecule has 0 radical (unpaired) electrons. The maximum Gasteiger partial charge on any atom is 0.410 e. The standard InChI is InChI=1S/C26H33F5N4O5/c1-24(2,3)40-23(37)34-20(15-6-5-9-25(27,28)11-15)21-32-16-10-14(7-8-18(16)39-21)17(13-38-4)35-12-19(26(29,30)31)33-22(35)36/h7-8,10,15,17,19-20H,5-6,9,11-13H2,1-4H3,(H,33,36)(H,34,37)/t15-,17+,19-,20-/m0/s1. The number of ether oxygens (including phenoxy) is 2. The molecule has 2 aliphatic rings. The normalized spacial score (nSPS) is 23.1. The maximum atomic E-state index is 14.3. The van der Waals surface area contributed by atoms with Gasteiger partial charge < -0.3 is 29.4 Å². The van der Waals surface area contributed by atoms with Crippen molar-refractivity contribution in [1.29, 1.82) is 0 Å². The Bertz CT molecular complexity index is 1230. The maximum absolute atomic E-state index is 14.3. The molecule has 2 aromatic rings. The summed E-state index contributed by atoms with van der Waals surface area (Å²) in [6.45, 7) is 4.33. The molecule has 0 bridgehead atoms. The number of fused-ring (bicyclic) bond motifs is 1. The van der Waals surface area contributed by atoms with E-state index in [1.165, 1.54) is 13.2 Å². The van der Waals surface area contributed by atoms with Crippen molar-refractivity contribution in [2.45, 2.75) is 82.3 Å². The molecular formula is C26H33F5N4O5. The molecule has 9 nitrogen and oxygen atoms in total. The third-order valence-electron chi connectivity index (χ3n) is 6.93. The van der Waals surface area contributed by atoms with Crippen LogP contribution in [-0.4, -0.2) is 66.0 Å². The van der Waals surface area contributed by atoms with Gasteiger partial charge in [-0.25, -0.2) is 23.4 Å². The molecule has 0 unspecified atom stereocenters. The van der Waals surface area contributed by atoms with Crippen molar-refractivity contribution in [1.82, 2.24) is 20.5 Å². The van der Waals surface area contributed by atoms with Crippen molar-refractivity contribution in [3.8, 4) is 0 Å². The molecule has 3 amide bonds. The Hall–Kier alpha value is -3.16. The number of carbonyl (C=O) groups is 2. The van der Waals surface area contributed by atoms with Crippen LogP contribution in [0.4, 0.5) is 31.5 Å². The smallest absolute Gasteiger partial charge is 0.410 e. The van der Waals surface area contributed by atoms with Gasteiger partial charge in [0.05, 0.1) is 19.2 Å². The fourth-order valence-corrected chi connectivity index (χ4v) is 5.15. The molecule has 222 valence electrons. The highest BCUT2D eigenvalue weighted by molar-refractivity contribution is 5.78. The van der Waals surface area contributed by atoms with E-state index in [2.05, 4.69) is 10.3 Å². The first-order chi connectivity index (χ1) is 18.6. The molecule has 0 spiro atoms. The third-order valence-corrected chi connectivity index (χ3v) is 6.93. The first kappa shape index (κ1) is 29.8. The lowest BCUT2D eigenvalue weighted by atomic mass is 9.81. The highest BCUT2D eigenvalue weighted by Gasteiger charge is 2.48. The van der Waals surface area contributed by atoms with Gasteiger partial charge in [-0.1, -0.05) is 6.07 Å². The van der Waals surface area contributed by atoms with Gasteiger partial charge in [0.2, 0.25) is 11.8 Å². The molecule has 1 aliphatic carbocycles. The number of oxazole rings is 1. The second kappa shape index (κ2) is 11.0. The molecule has 1 aromatic carbocycles. The van der Waals surface area contributed by atoms with E-state index in [4.69, 9.17) is 13.9 Å². The molecule has 1 aliphatic heterocycles. The molecule has 1 saturated carbocycles. The average molecular weight is 577 g/mol. The minimum absolute atomic E-state index is 0.0000479. The van der Waals surface area contributed by atoms with Crippen molar-refractivity contribution in [3.63, 3.8) is 0 Å². The first-order valence-corrected chi connectivity index (χ1v) is 13.0. The van der Waals surface area contributed by atoms with Gasteiger partial charge in [0.25, 0.3) is 0 Å². The number of methoxy groups -OCH3 is 1. The molecule has 40 heavy (non-hydrogen) atoms. The van der Waals surface area contributed by atoms with E-state index < -0.39 is 66.8 Å². The number of alkyl halides is 5. The van der Waals surface area contributed by atoms with E-state index in [0.29, 0.717) is 12.0 Å². The van der Waals surface area contributed by atoms with Crippen molar-refractivity contribution >= 4 is 23.2 Å².